The first-order valence-corrected chi connectivity index (χ1v) is 11.8. The number of aliphatic carboxylic acids is 1. The summed E-state index contributed by atoms with van der Waals surface area (Å²) in [6.07, 6.45) is -3.52. The number of halogens is 4. The van der Waals surface area contributed by atoms with Crippen LogP contribution in [0, 0.1) is 9.12 Å². The molecule has 1 atom stereocenters. The Hall–Kier alpha value is -2.54. The molecule has 0 fully saturated rings. The molecule has 4 rings (SSSR count). The number of ketones is 1. The number of nitrogens with zero attached hydrogens (tertiary/aromatic N) is 2. The van der Waals surface area contributed by atoms with Gasteiger partial charge in [0.1, 0.15) is 3.70 Å². The third-order valence-electron chi connectivity index (χ3n) is 5.50. The number of rotatable bonds is 6. The number of benzene rings is 1. The van der Waals surface area contributed by atoms with Gasteiger partial charge in [0.2, 0.25) is 0 Å². The predicted octanol–water partition coefficient (Wildman–Crippen LogP) is 6.10. The minimum absolute atomic E-state index is 0.156. The van der Waals surface area contributed by atoms with Crippen molar-refractivity contribution in [3.63, 3.8) is 0 Å². The molecule has 0 spiro atoms. The van der Waals surface area contributed by atoms with E-state index in [2.05, 4.69) is 37.9 Å². The SMILES string of the molecule is O=C(O)CC1(CC(F)(F)F)CCc2cc(-c3cnc(Nc4ccc(I)nc4)s3)ccc2C1=O. The van der Waals surface area contributed by atoms with Gasteiger partial charge in [-0.3, -0.25) is 9.59 Å². The van der Waals surface area contributed by atoms with Gasteiger partial charge in [-0.15, -0.1) is 0 Å². The maximum atomic E-state index is 13.2. The molecule has 3 aromatic rings. The molecule has 0 saturated carbocycles. The number of carbonyl (C=O) groups excluding carboxylic acids is 1. The summed E-state index contributed by atoms with van der Waals surface area (Å²) in [5.74, 6) is -2.17. The molecule has 0 amide bonds. The third-order valence-corrected chi connectivity index (χ3v) is 7.10. The normalized spacial score (nSPS) is 18.1. The molecule has 2 aromatic heterocycles. The van der Waals surface area contributed by atoms with E-state index in [9.17, 15) is 27.9 Å². The van der Waals surface area contributed by atoms with E-state index in [4.69, 9.17) is 0 Å². The molecule has 2 N–H and O–H groups in total. The van der Waals surface area contributed by atoms with Crippen molar-refractivity contribution in [1.29, 1.82) is 0 Å². The fraction of sp³-hybridized carbons (Fsp3) is 0.273. The number of aromatic nitrogens is 2. The minimum atomic E-state index is -4.64. The van der Waals surface area contributed by atoms with Crippen molar-refractivity contribution in [3.05, 3.63) is 57.6 Å². The topological polar surface area (TPSA) is 92.2 Å². The maximum Gasteiger partial charge on any atom is 0.390 e. The molecule has 1 unspecified atom stereocenters. The highest BCUT2D eigenvalue weighted by Gasteiger charge is 2.50. The third kappa shape index (κ3) is 5.35. The number of anilines is 2. The maximum absolute atomic E-state index is 13.2. The number of thiazole rings is 1. The zero-order valence-electron chi connectivity index (χ0n) is 16.9. The lowest BCUT2D eigenvalue weighted by molar-refractivity contribution is -0.160. The Morgan fingerprint density at radius 2 is 2.00 bits per heavy atom. The molecule has 1 aromatic carbocycles. The summed E-state index contributed by atoms with van der Waals surface area (Å²) in [5, 5.41) is 13.0. The van der Waals surface area contributed by atoms with Crippen molar-refractivity contribution in [2.45, 2.75) is 31.9 Å². The first kappa shape index (κ1) is 23.6. The van der Waals surface area contributed by atoms with E-state index in [1.54, 1.807) is 24.5 Å². The molecular formula is C22H17F3IN3O3S. The molecule has 6 nitrogen and oxygen atoms in total. The Morgan fingerprint density at radius 1 is 1.21 bits per heavy atom. The first-order valence-electron chi connectivity index (χ1n) is 9.86. The van der Waals surface area contributed by atoms with Gasteiger partial charge in [0.05, 0.1) is 35.0 Å². The van der Waals surface area contributed by atoms with Crippen LogP contribution in [0.25, 0.3) is 10.4 Å². The lowest BCUT2D eigenvalue weighted by atomic mass is 9.66. The van der Waals surface area contributed by atoms with E-state index in [-0.39, 0.29) is 18.4 Å². The quantitative estimate of drug-likeness (QED) is 0.268. The number of hydrogen-bond acceptors (Lipinski definition) is 6. The molecule has 0 aliphatic heterocycles. The second-order valence-corrected chi connectivity index (χ2v) is 10.0. The number of carboxylic acid groups (broad SMARTS) is 1. The largest absolute Gasteiger partial charge is 0.481 e. The summed E-state index contributed by atoms with van der Waals surface area (Å²) in [4.78, 5) is 33.7. The van der Waals surface area contributed by atoms with E-state index < -0.39 is 36.2 Å². The van der Waals surface area contributed by atoms with Crippen molar-refractivity contribution >= 4 is 56.5 Å². The molecule has 2 heterocycles. The summed E-state index contributed by atoms with van der Waals surface area (Å²) in [5.41, 5.74) is 0.372. The number of hydrogen-bond donors (Lipinski definition) is 2. The van der Waals surface area contributed by atoms with Crippen LogP contribution in [0.1, 0.15) is 35.2 Å². The van der Waals surface area contributed by atoms with Crippen LogP contribution in [0.4, 0.5) is 24.0 Å². The molecule has 0 radical (unpaired) electrons. The lowest BCUT2D eigenvalue weighted by Crippen LogP contribution is -2.41. The van der Waals surface area contributed by atoms with Gasteiger partial charge in [0, 0.05) is 11.8 Å². The number of nitrogens with one attached hydrogen (secondary N) is 1. The van der Waals surface area contributed by atoms with E-state index in [1.807, 2.05) is 12.1 Å². The molecular weight excluding hydrogens is 570 g/mol. The predicted molar refractivity (Wildman–Crippen MR) is 126 cm³/mol. The molecule has 1 aliphatic carbocycles. The first-order chi connectivity index (χ1) is 15.5. The number of alkyl halides is 3. The zero-order valence-corrected chi connectivity index (χ0v) is 19.9. The van der Waals surface area contributed by atoms with Gasteiger partial charge in [0.15, 0.2) is 10.9 Å². The highest BCUT2D eigenvalue weighted by molar-refractivity contribution is 14.1. The Labute approximate surface area is 204 Å². The van der Waals surface area contributed by atoms with Gasteiger partial charge < -0.3 is 10.4 Å². The number of fused-ring (bicyclic) bond motifs is 1. The van der Waals surface area contributed by atoms with Gasteiger partial charge in [-0.25, -0.2) is 9.97 Å². The summed E-state index contributed by atoms with van der Waals surface area (Å²) in [6, 6.07) is 8.67. The number of carboxylic acids is 1. The molecule has 11 heteroatoms. The van der Waals surface area contributed by atoms with E-state index in [0.29, 0.717) is 10.7 Å². The molecule has 1 aliphatic rings. The minimum Gasteiger partial charge on any atom is -0.481 e. The van der Waals surface area contributed by atoms with Gasteiger partial charge in [-0.2, -0.15) is 13.2 Å². The lowest BCUT2D eigenvalue weighted by Gasteiger charge is -2.36. The van der Waals surface area contributed by atoms with Crippen LogP contribution in [0.2, 0.25) is 0 Å². The molecule has 0 bridgehead atoms. The Bertz CT molecular complexity index is 1210. The molecule has 0 saturated heterocycles. The standard InChI is InChI=1S/C22H17F3IN3O3S/c23-22(24,25)11-21(8-18(30)31)6-5-12-7-13(1-3-15(12)19(21)32)16-10-28-20(33-16)29-14-2-4-17(26)27-9-14/h1-4,7,9-10H,5-6,8,11H2,(H,28,29)(H,30,31). The monoisotopic (exact) mass is 587 g/mol. The average molecular weight is 587 g/mol. The summed E-state index contributed by atoms with van der Waals surface area (Å²) >= 11 is 3.50. The number of pyridine rings is 1. The van der Waals surface area contributed by atoms with Gasteiger partial charge >= 0.3 is 12.1 Å². The smallest absolute Gasteiger partial charge is 0.390 e. The van der Waals surface area contributed by atoms with Crippen LogP contribution in [-0.2, 0) is 11.2 Å². The highest BCUT2D eigenvalue weighted by atomic mass is 127. The van der Waals surface area contributed by atoms with Crippen LogP contribution < -0.4 is 5.32 Å². The second kappa shape index (κ2) is 9.01. The Balaban J connectivity index is 1.59. The molecule has 33 heavy (non-hydrogen) atoms. The van der Waals surface area contributed by atoms with Crippen LogP contribution in [0.15, 0.2) is 42.7 Å². The zero-order chi connectivity index (χ0) is 23.8. The average Bonchev–Trinajstić information content (AvgIpc) is 3.19. The van der Waals surface area contributed by atoms with Crippen LogP contribution in [0.3, 0.4) is 0 Å². The summed E-state index contributed by atoms with van der Waals surface area (Å²) in [6.45, 7) is 0. The van der Waals surface area contributed by atoms with Crippen LogP contribution in [0.5, 0.6) is 0 Å². The number of aryl methyl sites for hydroxylation is 1. The van der Waals surface area contributed by atoms with Crippen LogP contribution >= 0.6 is 33.9 Å². The van der Waals surface area contributed by atoms with Gasteiger partial charge in [-0.05, 0) is 64.8 Å². The van der Waals surface area contributed by atoms with E-state index in [0.717, 1.165) is 19.8 Å². The van der Waals surface area contributed by atoms with Crippen LogP contribution in [-0.4, -0.2) is 33.0 Å². The van der Waals surface area contributed by atoms with Gasteiger partial charge in [0.25, 0.3) is 0 Å². The van der Waals surface area contributed by atoms with E-state index >= 15 is 0 Å². The van der Waals surface area contributed by atoms with Crippen molar-refractivity contribution in [1.82, 2.24) is 9.97 Å². The van der Waals surface area contributed by atoms with Gasteiger partial charge in [-0.1, -0.05) is 23.5 Å². The highest BCUT2D eigenvalue weighted by Crippen LogP contribution is 2.46. The fourth-order valence-corrected chi connectivity index (χ4v) is 5.21. The number of Topliss-reactive ketones (excluding diaryl/α,β-unsaturated/α-hetero) is 1. The molecule has 172 valence electrons. The van der Waals surface area contributed by atoms with Crippen molar-refractivity contribution in [2.75, 3.05) is 5.32 Å². The van der Waals surface area contributed by atoms with Crippen molar-refractivity contribution < 1.29 is 27.9 Å². The fourth-order valence-electron chi connectivity index (χ4n) is 4.06. The second-order valence-electron chi connectivity index (χ2n) is 7.87. The van der Waals surface area contributed by atoms with Crippen molar-refractivity contribution in [3.8, 4) is 10.4 Å². The Morgan fingerprint density at radius 3 is 2.67 bits per heavy atom. The summed E-state index contributed by atoms with van der Waals surface area (Å²) in [7, 11) is 0. The van der Waals surface area contributed by atoms with Crippen molar-refractivity contribution in [2.24, 2.45) is 5.41 Å². The number of carbonyl (C=O) groups is 2. The summed E-state index contributed by atoms with van der Waals surface area (Å²) < 4.78 is 40.4. The Kier molecular flexibility index (Phi) is 6.45. The van der Waals surface area contributed by atoms with E-state index in [1.165, 1.54) is 17.4 Å².